The highest BCUT2D eigenvalue weighted by atomic mass is 35.5. The van der Waals surface area contributed by atoms with Gasteiger partial charge in [0.05, 0.1) is 0 Å². The summed E-state index contributed by atoms with van der Waals surface area (Å²) in [6, 6.07) is 15.4. The first-order chi connectivity index (χ1) is 19.0. The molecule has 0 aliphatic carbocycles. The SMILES string of the molecule is CC(C)(C)OC(=O)C(=O)CCC(NC(=O)OCc1ccccc1)c1nc(C(=O)NCCc2ccc(Cl)cc2)co1. The van der Waals surface area contributed by atoms with Gasteiger partial charge in [0.1, 0.15) is 24.5 Å². The van der Waals surface area contributed by atoms with Crippen LogP contribution in [0.2, 0.25) is 5.02 Å². The lowest BCUT2D eigenvalue weighted by molar-refractivity contribution is -0.162. The fourth-order valence-corrected chi connectivity index (χ4v) is 3.62. The van der Waals surface area contributed by atoms with Gasteiger partial charge in [-0.05, 0) is 56.9 Å². The summed E-state index contributed by atoms with van der Waals surface area (Å²) in [4.78, 5) is 53.9. The molecule has 2 N–H and O–H groups in total. The van der Waals surface area contributed by atoms with E-state index in [1.807, 2.05) is 30.3 Å². The van der Waals surface area contributed by atoms with Crippen molar-refractivity contribution in [2.75, 3.05) is 6.54 Å². The third-order valence-corrected chi connectivity index (χ3v) is 5.71. The van der Waals surface area contributed by atoms with Gasteiger partial charge in [0.2, 0.25) is 11.7 Å². The van der Waals surface area contributed by atoms with Crippen LogP contribution in [-0.2, 0) is 32.1 Å². The summed E-state index contributed by atoms with van der Waals surface area (Å²) in [6.07, 6.45) is 0.649. The molecule has 3 rings (SSSR count). The van der Waals surface area contributed by atoms with E-state index in [1.54, 1.807) is 45.0 Å². The van der Waals surface area contributed by atoms with Crippen molar-refractivity contribution in [3.8, 4) is 0 Å². The molecule has 0 radical (unpaired) electrons. The first-order valence-corrected chi connectivity index (χ1v) is 13.1. The Morgan fingerprint density at radius 3 is 2.38 bits per heavy atom. The van der Waals surface area contributed by atoms with E-state index in [-0.39, 0.29) is 31.0 Å². The number of carbonyl (C=O) groups excluding carboxylic acids is 4. The number of halogens is 1. The van der Waals surface area contributed by atoms with Crippen molar-refractivity contribution in [1.82, 2.24) is 15.6 Å². The average Bonchev–Trinajstić information content (AvgIpc) is 3.41. The first-order valence-electron chi connectivity index (χ1n) is 12.7. The Kier molecular flexibility index (Phi) is 10.8. The minimum Gasteiger partial charge on any atom is -0.454 e. The lowest BCUT2D eigenvalue weighted by Crippen LogP contribution is -2.32. The molecule has 40 heavy (non-hydrogen) atoms. The minimum absolute atomic E-state index is 0.00553. The van der Waals surface area contributed by atoms with Crippen molar-refractivity contribution in [3.63, 3.8) is 0 Å². The fraction of sp³-hybridized carbons (Fsp3) is 0.345. The lowest BCUT2D eigenvalue weighted by atomic mass is 10.1. The molecule has 0 saturated carbocycles. The molecule has 1 unspecified atom stereocenters. The van der Waals surface area contributed by atoms with E-state index in [1.165, 1.54) is 0 Å². The number of benzene rings is 2. The summed E-state index contributed by atoms with van der Waals surface area (Å²) < 4.78 is 15.9. The normalized spacial score (nSPS) is 11.8. The van der Waals surface area contributed by atoms with Gasteiger partial charge >= 0.3 is 12.1 Å². The van der Waals surface area contributed by atoms with Crippen LogP contribution in [0, 0.1) is 0 Å². The number of alkyl carbamates (subject to hydrolysis) is 1. The number of Topliss-reactive ketones (excluding diaryl/α,β-unsaturated/α-hetero) is 1. The Labute approximate surface area is 237 Å². The molecule has 0 aliphatic rings. The highest BCUT2D eigenvalue weighted by Crippen LogP contribution is 2.20. The lowest BCUT2D eigenvalue weighted by Gasteiger charge is -2.19. The van der Waals surface area contributed by atoms with Crippen LogP contribution in [0.25, 0.3) is 0 Å². The highest BCUT2D eigenvalue weighted by molar-refractivity contribution is 6.33. The molecule has 1 atom stereocenters. The van der Waals surface area contributed by atoms with E-state index < -0.39 is 35.4 Å². The summed E-state index contributed by atoms with van der Waals surface area (Å²) in [5.41, 5.74) is 0.944. The zero-order valence-corrected chi connectivity index (χ0v) is 23.3. The zero-order chi connectivity index (χ0) is 29.1. The molecule has 3 aromatic rings. The summed E-state index contributed by atoms with van der Waals surface area (Å²) in [5.74, 6) is -2.24. The number of oxazole rings is 1. The van der Waals surface area contributed by atoms with E-state index in [4.69, 9.17) is 25.5 Å². The molecule has 0 spiro atoms. The van der Waals surface area contributed by atoms with Crippen LogP contribution in [0.5, 0.6) is 0 Å². The van der Waals surface area contributed by atoms with E-state index >= 15 is 0 Å². The van der Waals surface area contributed by atoms with Gasteiger partial charge in [0.25, 0.3) is 5.91 Å². The molecule has 0 fully saturated rings. The van der Waals surface area contributed by atoms with Crippen molar-refractivity contribution >= 4 is 35.4 Å². The summed E-state index contributed by atoms with van der Waals surface area (Å²) in [7, 11) is 0. The second-order valence-electron chi connectivity index (χ2n) is 9.93. The second kappa shape index (κ2) is 14.3. The van der Waals surface area contributed by atoms with Crippen LogP contribution in [-0.4, -0.2) is 40.9 Å². The maximum Gasteiger partial charge on any atom is 0.408 e. The molecule has 212 valence electrons. The number of aromatic nitrogens is 1. The van der Waals surface area contributed by atoms with E-state index in [9.17, 15) is 19.2 Å². The number of nitrogens with zero attached hydrogens (tertiary/aromatic N) is 1. The molecule has 11 heteroatoms. The van der Waals surface area contributed by atoms with Gasteiger partial charge in [0.15, 0.2) is 5.69 Å². The van der Waals surface area contributed by atoms with Crippen LogP contribution >= 0.6 is 11.6 Å². The fourth-order valence-electron chi connectivity index (χ4n) is 3.49. The number of ketones is 1. The van der Waals surface area contributed by atoms with E-state index in [0.717, 1.165) is 17.4 Å². The quantitative estimate of drug-likeness (QED) is 0.231. The van der Waals surface area contributed by atoms with Crippen molar-refractivity contribution < 1.29 is 33.1 Å². The third kappa shape index (κ3) is 10.2. The number of carbonyl (C=O) groups is 4. The summed E-state index contributed by atoms with van der Waals surface area (Å²) >= 11 is 5.90. The molecule has 2 amide bonds. The number of ether oxygens (including phenoxy) is 2. The Morgan fingerprint density at radius 1 is 1.00 bits per heavy atom. The Morgan fingerprint density at radius 2 is 1.70 bits per heavy atom. The molecular formula is C29H32ClN3O7. The van der Waals surface area contributed by atoms with Gasteiger partial charge in [-0.1, -0.05) is 54.1 Å². The number of hydrogen-bond donors (Lipinski definition) is 2. The molecule has 2 aromatic carbocycles. The molecule has 0 bridgehead atoms. The minimum atomic E-state index is -0.980. The third-order valence-electron chi connectivity index (χ3n) is 5.46. The Hall–Kier alpha value is -4.18. The Bertz CT molecular complexity index is 1300. The molecule has 1 aromatic heterocycles. The van der Waals surface area contributed by atoms with Gasteiger partial charge in [-0.2, -0.15) is 0 Å². The van der Waals surface area contributed by atoms with Gasteiger partial charge < -0.3 is 24.5 Å². The maximum absolute atomic E-state index is 12.6. The number of esters is 1. The zero-order valence-electron chi connectivity index (χ0n) is 22.6. The number of nitrogens with one attached hydrogen (secondary N) is 2. The van der Waals surface area contributed by atoms with Crippen molar-refractivity contribution in [3.05, 3.63) is 88.6 Å². The van der Waals surface area contributed by atoms with Crippen molar-refractivity contribution in [2.24, 2.45) is 0 Å². The van der Waals surface area contributed by atoms with Gasteiger partial charge in [0, 0.05) is 18.0 Å². The number of hydrogen-bond acceptors (Lipinski definition) is 8. The number of amides is 2. The van der Waals surface area contributed by atoms with Gasteiger partial charge in [-0.3, -0.25) is 9.59 Å². The molecule has 10 nitrogen and oxygen atoms in total. The topological polar surface area (TPSA) is 137 Å². The first kappa shape index (κ1) is 30.4. The molecule has 1 heterocycles. The number of rotatable bonds is 12. The molecular weight excluding hydrogens is 538 g/mol. The Balaban J connectivity index is 1.63. The smallest absolute Gasteiger partial charge is 0.408 e. The van der Waals surface area contributed by atoms with Crippen LogP contribution in [0.3, 0.4) is 0 Å². The summed E-state index contributed by atoms with van der Waals surface area (Å²) in [6.45, 7) is 5.32. The van der Waals surface area contributed by atoms with Crippen molar-refractivity contribution in [1.29, 1.82) is 0 Å². The average molecular weight is 570 g/mol. The standard InChI is InChI=1S/C29H32ClN3O7/c1-29(2,3)40-27(36)24(34)14-13-22(33-28(37)39-17-20-7-5-4-6-8-20)26-32-23(18-38-26)25(35)31-16-15-19-9-11-21(30)12-10-19/h4-12,18,22H,13-17H2,1-3H3,(H,31,35)(H,33,37). The largest absolute Gasteiger partial charge is 0.454 e. The monoisotopic (exact) mass is 569 g/mol. The van der Waals surface area contributed by atoms with Gasteiger partial charge in [-0.15, -0.1) is 0 Å². The van der Waals surface area contributed by atoms with Crippen LogP contribution < -0.4 is 10.6 Å². The molecule has 0 aliphatic heterocycles. The second-order valence-corrected chi connectivity index (χ2v) is 10.4. The predicted molar refractivity (Wildman–Crippen MR) is 147 cm³/mol. The maximum atomic E-state index is 12.6. The van der Waals surface area contributed by atoms with Crippen LogP contribution in [0.4, 0.5) is 4.79 Å². The highest BCUT2D eigenvalue weighted by Gasteiger charge is 2.27. The van der Waals surface area contributed by atoms with Gasteiger partial charge in [-0.25, -0.2) is 14.6 Å². The van der Waals surface area contributed by atoms with E-state index in [2.05, 4.69) is 15.6 Å². The van der Waals surface area contributed by atoms with Crippen LogP contribution in [0.1, 0.15) is 67.2 Å². The predicted octanol–water partition coefficient (Wildman–Crippen LogP) is 4.96. The van der Waals surface area contributed by atoms with E-state index in [0.29, 0.717) is 18.0 Å². The molecule has 0 saturated heterocycles. The summed E-state index contributed by atoms with van der Waals surface area (Å²) in [5, 5.41) is 5.99. The van der Waals surface area contributed by atoms with Crippen LogP contribution in [0.15, 0.2) is 65.3 Å². The van der Waals surface area contributed by atoms with Crippen molar-refractivity contribution in [2.45, 2.75) is 58.3 Å².